The number of rotatable bonds is 3. The molecule has 4 heteroatoms. The van der Waals surface area contributed by atoms with E-state index in [1.54, 1.807) is 0 Å². The van der Waals surface area contributed by atoms with Crippen LogP contribution in [0.5, 0.6) is 0 Å². The summed E-state index contributed by atoms with van der Waals surface area (Å²) in [5.74, 6) is -0.500. The molecule has 1 rings (SSSR count). The largest absolute Gasteiger partial charge is 0.348 e. The molecule has 0 radical (unpaired) electrons. The van der Waals surface area contributed by atoms with Crippen LogP contribution in [0, 0.1) is 0 Å². The lowest BCUT2D eigenvalue weighted by molar-refractivity contribution is -0.139. The number of hydrogen-bond acceptors (Lipinski definition) is 3. The van der Waals surface area contributed by atoms with Crippen molar-refractivity contribution >= 4 is 16.8 Å². The molecule has 0 aromatic rings. The summed E-state index contributed by atoms with van der Waals surface area (Å²) in [5.41, 5.74) is 0. The van der Waals surface area contributed by atoms with Crippen LogP contribution in [-0.4, -0.2) is 23.7 Å². The van der Waals surface area contributed by atoms with Gasteiger partial charge in [-0.05, 0) is 31.9 Å². The molecule has 3 nitrogen and oxygen atoms in total. The monoisotopic (exact) mass is 192 g/mol. The quantitative estimate of drug-likeness (QED) is 0.639. The first-order valence-electron chi connectivity index (χ1n) is 4.00. The zero-order chi connectivity index (χ0) is 9.19. The fourth-order valence-electron chi connectivity index (χ4n) is 1.18. The summed E-state index contributed by atoms with van der Waals surface area (Å²) in [6.07, 6.45) is 1.01. The molecule has 1 unspecified atom stereocenters. The van der Waals surface area contributed by atoms with E-state index in [1.165, 1.54) is 0 Å². The van der Waals surface area contributed by atoms with Gasteiger partial charge in [-0.25, -0.2) is 0 Å². The molecule has 0 bridgehead atoms. The smallest absolute Gasteiger partial charge is 0.221 e. The fourth-order valence-corrected chi connectivity index (χ4v) is 1.29. The predicted molar refractivity (Wildman–Crippen MR) is 45.0 cm³/mol. The Hall–Kier alpha value is -0.120. The Balaban J connectivity index is 2.24. The second-order valence-electron chi connectivity index (χ2n) is 3.34. The molecule has 1 atom stereocenters. The van der Waals surface area contributed by atoms with Gasteiger partial charge in [-0.3, -0.25) is 4.79 Å². The molecule has 1 heterocycles. The molecular formula is C8H13ClO3. The first kappa shape index (κ1) is 9.96. The highest BCUT2D eigenvalue weighted by atomic mass is 35.5. The van der Waals surface area contributed by atoms with Crippen molar-refractivity contribution in [1.82, 2.24) is 0 Å². The van der Waals surface area contributed by atoms with Crippen LogP contribution in [-0.2, 0) is 14.3 Å². The highest BCUT2D eigenvalue weighted by Gasteiger charge is 2.32. The normalized spacial score (nSPS) is 27.4. The van der Waals surface area contributed by atoms with Crippen LogP contribution in [0.4, 0.5) is 0 Å². The lowest BCUT2D eigenvalue weighted by Gasteiger charge is -2.16. The van der Waals surface area contributed by atoms with Gasteiger partial charge in [0.1, 0.15) is 0 Å². The van der Waals surface area contributed by atoms with E-state index < -0.39 is 5.79 Å². The molecule has 1 aliphatic heterocycles. The molecule has 0 spiro atoms. The zero-order valence-electron chi connectivity index (χ0n) is 7.30. The first-order valence-corrected chi connectivity index (χ1v) is 4.37. The van der Waals surface area contributed by atoms with E-state index in [4.69, 9.17) is 21.1 Å². The van der Waals surface area contributed by atoms with Crippen molar-refractivity contribution in [3.05, 3.63) is 0 Å². The predicted octanol–water partition coefficient (Wildman–Crippen LogP) is 1.68. The molecular weight excluding hydrogens is 180 g/mol. The van der Waals surface area contributed by atoms with Crippen molar-refractivity contribution in [3.8, 4) is 0 Å². The van der Waals surface area contributed by atoms with Crippen LogP contribution in [0.25, 0.3) is 0 Å². The summed E-state index contributed by atoms with van der Waals surface area (Å²) >= 11 is 5.19. The summed E-state index contributed by atoms with van der Waals surface area (Å²) in [4.78, 5) is 10.4. The van der Waals surface area contributed by atoms with E-state index in [0.717, 1.165) is 0 Å². The Labute approximate surface area is 77.0 Å². The molecule has 0 aliphatic carbocycles. The third kappa shape index (κ3) is 3.09. The van der Waals surface area contributed by atoms with Crippen molar-refractivity contribution in [2.24, 2.45) is 0 Å². The van der Waals surface area contributed by atoms with Gasteiger partial charge in [0, 0.05) is 6.42 Å². The highest BCUT2D eigenvalue weighted by Crippen LogP contribution is 2.24. The van der Waals surface area contributed by atoms with E-state index in [9.17, 15) is 4.79 Å². The van der Waals surface area contributed by atoms with Gasteiger partial charge in [0.2, 0.25) is 5.24 Å². The van der Waals surface area contributed by atoms with Crippen molar-refractivity contribution in [3.63, 3.8) is 0 Å². The number of halogens is 1. The minimum atomic E-state index is -0.500. The van der Waals surface area contributed by atoms with Crippen LogP contribution in [0.15, 0.2) is 0 Å². The molecule has 1 saturated heterocycles. The van der Waals surface area contributed by atoms with Crippen molar-refractivity contribution in [1.29, 1.82) is 0 Å². The van der Waals surface area contributed by atoms with E-state index in [0.29, 0.717) is 19.4 Å². The maximum absolute atomic E-state index is 10.4. The SMILES string of the molecule is CC1(C)OCC(CCC(=O)Cl)O1. The van der Waals surface area contributed by atoms with Gasteiger partial charge in [-0.1, -0.05) is 0 Å². The summed E-state index contributed by atoms with van der Waals surface area (Å²) in [7, 11) is 0. The van der Waals surface area contributed by atoms with Gasteiger partial charge in [-0.15, -0.1) is 0 Å². The summed E-state index contributed by atoms with van der Waals surface area (Å²) in [6, 6.07) is 0. The maximum atomic E-state index is 10.4. The van der Waals surface area contributed by atoms with Gasteiger partial charge in [0.05, 0.1) is 12.7 Å². The van der Waals surface area contributed by atoms with E-state index in [2.05, 4.69) is 0 Å². The summed E-state index contributed by atoms with van der Waals surface area (Å²) in [5, 5.41) is -0.316. The minimum Gasteiger partial charge on any atom is -0.348 e. The second-order valence-corrected chi connectivity index (χ2v) is 3.77. The van der Waals surface area contributed by atoms with Gasteiger partial charge in [0.25, 0.3) is 0 Å². The van der Waals surface area contributed by atoms with Crippen molar-refractivity contribution in [2.75, 3.05) is 6.61 Å². The van der Waals surface area contributed by atoms with E-state index >= 15 is 0 Å². The molecule has 0 saturated carbocycles. The molecule has 0 aromatic heterocycles. The van der Waals surface area contributed by atoms with Crippen LogP contribution in [0.1, 0.15) is 26.7 Å². The van der Waals surface area contributed by atoms with Gasteiger partial charge >= 0.3 is 0 Å². The van der Waals surface area contributed by atoms with Gasteiger partial charge in [-0.2, -0.15) is 0 Å². The maximum Gasteiger partial charge on any atom is 0.221 e. The Bertz CT molecular complexity index is 179. The molecule has 1 fully saturated rings. The van der Waals surface area contributed by atoms with Gasteiger partial charge < -0.3 is 9.47 Å². The number of hydrogen-bond donors (Lipinski definition) is 0. The third-order valence-electron chi connectivity index (χ3n) is 1.73. The Kier molecular flexibility index (Phi) is 3.09. The molecule has 1 aliphatic rings. The van der Waals surface area contributed by atoms with Crippen LogP contribution in [0.2, 0.25) is 0 Å². The Morgan fingerprint density at radius 1 is 1.67 bits per heavy atom. The molecule has 0 aromatic carbocycles. The number of carbonyl (C=O) groups is 1. The molecule has 0 N–H and O–H groups in total. The molecule has 0 amide bonds. The van der Waals surface area contributed by atoms with Crippen LogP contribution >= 0.6 is 11.6 Å². The van der Waals surface area contributed by atoms with Crippen LogP contribution < -0.4 is 0 Å². The van der Waals surface area contributed by atoms with E-state index in [1.807, 2.05) is 13.8 Å². The first-order chi connectivity index (χ1) is 5.49. The van der Waals surface area contributed by atoms with E-state index in [-0.39, 0.29) is 11.3 Å². The minimum absolute atomic E-state index is 0.0164. The molecule has 70 valence electrons. The Morgan fingerprint density at radius 3 is 2.75 bits per heavy atom. The average Bonchev–Trinajstić information content (AvgIpc) is 2.26. The highest BCUT2D eigenvalue weighted by molar-refractivity contribution is 6.63. The average molecular weight is 193 g/mol. The van der Waals surface area contributed by atoms with Crippen molar-refractivity contribution in [2.45, 2.75) is 38.6 Å². The fraction of sp³-hybridized carbons (Fsp3) is 0.875. The third-order valence-corrected chi connectivity index (χ3v) is 1.92. The topological polar surface area (TPSA) is 35.5 Å². The standard InChI is InChI=1S/C8H13ClO3/c1-8(2)11-5-6(12-8)3-4-7(9)10/h6H,3-5H2,1-2H3. The lowest BCUT2D eigenvalue weighted by Crippen LogP contribution is -2.21. The summed E-state index contributed by atoms with van der Waals surface area (Å²) in [6.45, 7) is 4.27. The van der Waals surface area contributed by atoms with Crippen LogP contribution in [0.3, 0.4) is 0 Å². The Morgan fingerprint density at radius 2 is 2.33 bits per heavy atom. The molecule has 12 heavy (non-hydrogen) atoms. The van der Waals surface area contributed by atoms with Gasteiger partial charge in [0.15, 0.2) is 5.79 Å². The summed E-state index contributed by atoms with van der Waals surface area (Å²) < 4.78 is 10.8. The number of carbonyl (C=O) groups excluding carboxylic acids is 1. The number of ether oxygens (including phenoxy) is 2. The van der Waals surface area contributed by atoms with Crippen molar-refractivity contribution < 1.29 is 14.3 Å². The lowest BCUT2D eigenvalue weighted by atomic mass is 10.2. The zero-order valence-corrected chi connectivity index (χ0v) is 8.06. The second kappa shape index (κ2) is 3.73.